The summed E-state index contributed by atoms with van der Waals surface area (Å²) in [7, 11) is 0. The van der Waals surface area contributed by atoms with Crippen LogP contribution in [0.25, 0.3) is 10.9 Å². The van der Waals surface area contributed by atoms with Crippen LogP contribution in [0, 0.1) is 5.82 Å². The molecule has 0 radical (unpaired) electrons. The van der Waals surface area contributed by atoms with E-state index in [2.05, 4.69) is 15.6 Å². The van der Waals surface area contributed by atoms with Gasteiger partial charge in [0.05, 0.1) is 23.8 Å². The zero-order chi connectivity index (χ0) is 17.0. The summed E-state index contributed by atoms with van der Waals surface area (Å²) in [4.78, 5) is 39.5. The molecule has 2 N–H and O–H groups in total. The predicted octanol–water partition coefficient (Wildman–Crippen LogP) is 0.176. The first-order valence-electron chi connectivity index (χ1n) is 7.07. The van der Waals surface area contributed by atoms with Crippen molar-refractivity contribution in [3.05, 3.63) is 40.7 Å². The summed E-state index contributed by atoms with van der Waals surface area (Å²) < 4.78 is 14.3. The molecule has 0 aliphatic rings. The fourth-order valence-corrected chi connectivity index (χ4v) is 2.01. The number of amides is 2. The molecule has 1 aromatic heterocycles. The quantitative estimate of drug-likeness (QED) is 0.822. The molecule has 0 fully saturated rings. The minimum atomic E-state index is -0.552. The van der Waals surface area contributed by atoms with E-state index >= 15 is 0 Å². The summed E-state index contributed by atoms with van der Waals surface area (Å²) in [6.45, 7) is 3.13. The Morgan fingerprint density at radius 2 is 2.04 bits per heavy atom. The number of benzene rings is 1. The van der Waals surface area contributed by atoms with E-state index in [9.17, 15) is 18.8 Å². The molecule has 1 heterocycles. The van der Waals surface area contributed by atoms with Gasteiger partial charge in [-0.15, -0.1) is 0 Å². The second kappa shape index (κ2) is 6.99. The van der Waals surface area contributed by atoms with Gasteiger partial charge in [0.15, 0.2) is 0 Å². The molecule has 2 amide bonds. The molecule has 0 saturated heterocycles. The van der Waals surface area contributed by atoms with Crippen molar-refractivity contribution in [1.29, 1.82) is 0 Å². The SMILES string of the molecule is CC(C)NC(=O)CNC(=O)Cn1cnc2ccc(F)cc2c1=O. The van der Waals surface area contributed by atoms with Crippen molar-refractivity contribution in [3.63, 3.8) is 0 Å². The first-order chi connectivity index (χ1) is 10.9. The number of halogens is 1. The Labute approximate surface area is 131 Å². The van der Waals surface area contributed by atoms with Gasteiger partial charge in [-0.25, -0.2) is 9.37 Å². The number of nitrogens with zero attached hydrogens (tertiary/aromatic N) is 2. The number of carbonyl (C=O) groups is 2. The van der Waals surface area contributed by atoms with Gasteiger partial charge >= 0.3 is 0 Å². The number of carbonyl (C=O) groups excluding carboxylic acids is 2. The van der Waals surface area contributed by atoms with Crippen molar-refractivity contribution in [2.45, 2.75) is 26.4 Å². The summed E-state index contributed by atoms with van der Waals surface area (Å²) in [5.41, 5.74) is -0.166. The molecule has 0 bridgehead atoms. The Kier molecular flexibility index (Phi) is 5.05. The third-order valence-corrected chi connectivity index (χ3v) is 3.00. The number of hydrogen-bond donors (Lipinski definition) is 2. The van der Waals surface area contributed by atoms with Crippen LogP contribution in [0.1, 0.15) is 13.8 Å². The lowest BCUT2D eigenvalue weighted by Crippen LogP contribution is -2.41. The van der Waals surface area contributed by atoms with Crippen molar-refractivity contribution in [1.82, 2.24) is 20.2 Å². The fourth-order valence-electron chi connectivity index (χ4n) is 2.01. The van der Waals surface area contributed by atoms with E-state index in [-0.39, 0.29) is 30.4 Å². The van der Waals surface area contributed by atoms with Crippen LogP contribution in [0.3, 0.4) is 0 Å². The minimum Gasteiger partial charge on any atom is -0.352 e. The average molecular weight is 320 g/mol. The van der Waals surface area contributed by atoms with Gasteiger partial charge in [0.2, 0.25) is 11.8 Å². The zero-order valence-electron chi connectivity index (χ0n) is 12.8. The van der Waals surface area contributed by atoms with E-state index in [0.29, 0.717) is 5.52 Å². The van der Waals surface area contributed by atoms with Crippen LogP contribution in [0.2, 0.25) is 0 Å². The number of rotatable bonds is 5. The number of fused-ring (bicyclic) bond motifs is 1. The summed E-state index contributed by atoms with van der Waals surface area (Å²) in [5, 5.41) is 5.13. The van der Waals surface area contributed by atoms with Gasteiger partial charge in [0.1, 0.15) is 12.4 Å². The van der Waals surface area contributed by atoms with Crippen molar-refractivity contribution >= 4 is 22.7 Å². The molecule has 7 nitrogen and oxygen atoms in total. The Bertz CT molecular complexity index is 801. The van der Waals surface area contributed by atoms with Crippen LogP contribution in [0.4, 0.5) is 4.39 Å². The maximum absolute atomic E-state index is 13.2. The van der Waals surface area contributed by atoms with Gasteiger partial charge in [0.25, 0.3) is 5.56 Å². The van der Waals surface area contributed by atoms with Gasteiger partial charge in [-0.1, -0.05) is 0 Å². The van der Waals surface area contributed by atoms with Crippen molar-refractivity contribution in [2.24, 2.45) is 0 Å². The van der Waals surface area contributed by atoms with Crippen molar-refractivity contribution in [2.75, 3.05) is 6.54 Å². The highest BCUT2D eigenvalue weighted by molar-refractivity contribution is 5.85. The number of nitrogens with one attached hydrogen (secondary N) is 2. The van der Waals surface area contributed by atoms with Crippen LogP contribution in [-0.4, -0.2) is 34.0 Å². The molecule has 0 aliphatic carbocycles. The maximum Gasteiger partial charge on any atom is 0.261 e. The molecule has 0 spiro atoms. The molecule has 122 valence electrons. The lowest BCUT2D eigenvalue weighted by molar-refractivity contribution is -0.126. The van der Waals surface area contributed by atoms with Gasteiger partial charge in [-0.05, 0) is 32.0 Å². The Hall–Kier alpha value is -2.77. The highest BCUT2D eigenvalue weighted by atomic mass is 19.1. The first kappa shape index (κ1) is 16.6. The van der Waals surface area contributed by atoms with Crippen LogP contribution in [0.5, 0.6) is 0 Å². The van der Waals surface area contributed by atoms with Crippen LogP contribution < -0.4 is 16.2 Å². The van der Waals surface area contributed by atoms with Crippen molar-refractivity contribution < 1.29 is 14.0 Å². The minimum absolute atomic E-state index is 0.0263. The Morgan fingerprint density at radius 1 is 1.30 bits per heavy atom. The molecule has 0 atom stereocenters. The van der Waals surface area contributed by atoms with Crippen LogP contribution >= 0.6 is 0 Å². The molecule has 1 aromatic carbocycles. The number of aromatic nitrogens is 2. The van der Waals surface area contributed by atoms with Gasteiger partial charge < -0.3 is 10.6 Å². The normalized spacial score (nSPS) is 10.8. The maximum atomic E-state index is 13.2. The summed E-state index contributed by atoms with van der Waals surface area (Å²) in [6, 6.07) is 3.66. The molecule has 0 aliphatic heterocycles. The molecule has 0 saturated carbocycles. The van der Waals surface area contributed by atoms with E-state index in [1.807, 2.05) is 0 Å². The molecular formula is C15H17FN4O3. The Balaban J connectivity index is 2.07. The van der Waals surface area contributed by atoms with Gasteiger partial charge in [0, 0.05) is 6.04 Å². The zero-order valence-corrected chi connectivity index (χ0v) is 12.8. The molecule has 23 heavy (non-hydrogen) atoms. The molecule has 2 aromatic rings. The predicted molar refractivity (Wildman–Crippen MR) is 82.2 cm³/mol. The van der Waals surface area contributed by atoms with E-state index in [4.69, 9.17) is 0 Å². The monoisotopic (exact) mass is 320 g/mol. The summed E-state index contributed by atoms with van der Waals surface area (Å²) >= 11 is 0. The molecule has 0 unspecified atom stereocenters. The largest absolute Gasteiger partial charge is 0.352 e. The number of hydrogen-bond acceptors (Lipinski definition) is 4. The second-order valence-electron chi connectivity index (χ2n) is 5.34. The molecular weight excluding hydrogens is 303 g/mol. The van der Waals surface area contributed by atoms with Gasteiger partial charge in [-0.3, -0.25) is 19.0 Å². The van der Waals surface area contributed by atoms with E-state index < -0.39 is 17.3 Å². The highest BCUT2D eigenvalue weighted by Crippen LogP contribution is 2.08. The highest BCUT2D eigenvalue weighted by Gasteiger charge is 2.10. The van der Waals surface area contributed by atoms with E-state index in [0.717, 1.165) is 10.6 Å². The fraction of sp³-hybridized carbons (Fsp3) is 0.333. The van der Waals surface area contributed by atoms with E-state index in [1.54, 1.807) is 13.8 Å². The smallest absolute Gasteiger partial charge is 0.261 e. The lowest BCUT2D eigenvalue weighted by Gasteiger charge is -2.10. The van der Waals surface area contributed by atoms with Crippen LogP contribution in [0.15, 0.2) is 29.3 Å². The summed E-state index contributed by atoms with van der Waals surface area (Å²) in [6.07, 6.45) is 1.22. The van der Waals surface area contributed by atoms with Crippen molar-refractivity contribution in [3.8, 4) is 0 Å². The van der Waals surface area contributed by atoms with Gasteiger partial charge in [-0.2, -0.15) is 0 Å². The van der Waals surface area contributed by atoms with E-state index in [1.165, 1.54) is 18.5 Å². The second-order valence-corrected chi connectivity index (χ2v) is 5.34. The third kappa shape index (κ3) is 4.35. The average Bonchev–Trinajstić information content (AvgIpc) is 2.48. The molecule has 2 rings (SSSR count). The Morgan fingerprint density at radius 3 is 2.74 bits per heavy atom. The topological polar surface area (TPSA) is 93.1 Å². The lowest BCUT2D eigenvalue weighted by atomic mass is 10.2. The van der Waals surface area contributed by atoms with Crippen LogP contribution in [-0.2, 0) is 16.1 Å². The summed E-state index contributed by atoms with van der Waals surface area (Å²) in [5.74, 6) is -1.38. The third-order valence-electron chi connectivity index (χ3n) is 3.00. The standard InChI is InChI=1S/C15H17FN4O3/c1-9(2)19-13(21)6-17-14(22)7-20-8-18-12-4-3-10(16)5-11(12)15(20)23/h3-5,8-9H,6-7H2,1-2H3,(H,17,22)(H,19,21). The molecule has 8 heteroatoms. The first-order valence-corrected chi connectivity index (χ1v) is 7.07.